The monoisotopic (exact) mass is 516 g/mol. The highest BCUT2D eigenvalue weighted by atomic mass is 19.3. The van der Waals surface area contributed by atoms with Crippen LogP contribution in [0.25, 0.3) is 11.5 Å². The van der Waals surface area contributed by atoms with E-state index in [4.69, 9.17) is 9.15 Å². The van der Waals surface area contributed by atoms with Crippen molar-refractivity contribution in [1.82, 2.24) is 20.1 Å². The molecule has 1 aromatic carbocycles. The van der Waals surface area contributed by atoms with Gasteiger partial charge < -0.3 is 19.0 Å². The van der Waals surface area contributed by atoms with Gasteiger partial charge in [0.15, 0.2) is 0 Å². The number of aromatic nitrogens is 3. The van der Waals surface area contributed by atoms with E-state index in [2.05, 4.69) is 25.0 Å². The SMILES string of the molecule is CN(c1ccc(F)cc1N(C=O)Cc1ccc(-c2nnc(C(F)F)o2)cn1)C1CCN(C2COC2)CC1. The molecule has 0 aliphatic carbocycles. The van der Waals surface area contributed by atoms with Crippen molar-refractivity contribution in [1.29, 1.82) is 0 Å². The van der Waals surface area contributed by atoms with E-state index in [-0.39, 0.29) is 18.5 Å². The molecule has 0 unspecified atom stereocenters. The molecule has 2 fully saturated rings. The van der Waals surface area contributed by atoms with E-state index in [1.165, 1.54) is 23.2 Å². The number of alkyl halides is 2. The zero-order valence-electron chi connectivity index (χ0n) is 20.3. The second kappa shape index (κ2) is 10.9. The summed E-state index contributed by atoms with van der Waals surface area (Å²) in [6, 6.07) is 8.40. The van der Waals surface area contributed by atoms with Gasteiger partial charge in [-0.2, -0.15) is 8.78 Å². The molecule has 5 rings (SSSR count). The number of amides is 1. The first-order chi connectivity index (χ1) is 17.9. The Morgan fingerprint density at radius 2 is 1.92 bits per heavy atom. The van der Waals surface area contributed by atoms with Crippen LogP contribution >= 0.6 is 0 Å². The van der Waals surface area contributed by atoms with E-state index in [1.807, 2.05) is 7.05 Å². The van der Waals surface area contributed by atoms with Crippen molar-refractivity contribution in [2.45, 2.75) is 37.9 Å². The van der Waals surface area contributed by atoms with Crippen LogP contribution in [0.5, 0.6) is 0 Å². The van der Waals surface area contributed by atoms with E-state index in [1.54, 1.807) is 18.2 Å². The maximum Gasteiger partial charge on any atom is 0.314 e. The van der Waals surface area contributed by atoms with Gasteiger partial charge in [0.2, 0.25) is 12.3 Å². The average molecular weight is 517 g/mol. The molecule has 0 radical (unpaired) electrons. The summed E-state index contributed by atoms with van der Waals surface area (Å²) in [5.41, 5.74) is 2.07. The van der Waals surface area contributed by atoms with Gasteiger partial charge in [0.05, 0.1) is 48.4 Å². The van der Waals surface area contributed by atoms with Crippen LogP contribution in [0, 0.1) is 5.82 Å². The van der Waals surface area contributed by atoms with Crippen LogP contribution < -0.4 is 9.80 Å². The quantitative estimate of drug-likeness (QED) is 0.398. The molecule has 4 heterocycles. The fourth-order valence-corrected chi connectivity index (χ4v) is 4.73. The second-order valence-electron chi connectivity index (χ2n) is 9.22. The number of nitrogens with zero attached hydrogens (tertiary/aromatic N) is 6. The molecular weight excluding hydrogens is 489 g/mol. The predicted molar refractivity (Wildman–Crippen MR) is 129 cm³/mol. The minimum atomic E-state index is -2.86. The van der Waals surface area contributed by atoms with Crippen LogP contribution in [-0.2, 0) is 16.1 Å². The highest BCUT2D eigenvalue weighted by Gasteiger charge is 2.31. The van der Waals surface area contributed by atoms with E-state index >= 15 is 0 Å². The Morgan fingerprint density at radius 3 is 2.51 bits per heavy atom. The molecule has 12 heteroatoms. The number of likely N-dealkylation sites (tertiary alicyclic amines) is 1. The minimum absolute atomic E-state index is 0.0773. The van der Waals surface area contributed by atoms with Crippen LogP contribution in [0.15, 0.2) is 40.9 Å². The van der Waals surface area contributed by atoms with Gasteiger partial charge >= 0.3 is 6.43 Å². The average Bonchev–Trinajstić information content (AvgIpc) is 3.38. The molecule has 0 spiro atoms. The molecule has 196 valence electrons. The van der Waals surface area contributed by atoms with Crippen molar-refractivity contribution < 1.29 is 27.1 Å². The fourth-order valence-electron chi connectivity index (χ4n) is 4.73. The summed E-state index contributed by atoms with van der Waals surface area (Å²) in [6.45, 7) is 3.59. The van der Waals surface area contributed by atoms with Gasteiger partial charge in [0.25, 0.3) is 5.89 Å². The third kappa shape index (κ3) is 5.44. The van der Waals surface area contributed by atoms with Crippen LogP contribution in [0.1, 0.15) is 30.9 Å². The fraction of sp³-hybridized carbons (Fsp3) is 0.440. The van der Waals surface area contributed by atoms with Crippen LogP contribution in [0.4, 0.5) is 24.5 Å². The Bertz CT molecular complexity index is 1210. The van der Waals surface area contributed by atoms with Crippen molar-refractivity contribution in [2.24, 2.45) is 0 Å². The Morgan fingerprint density at radius 1 is 1.14 bits per heavy atom. The van der Waals surface area contributed by atoms with Crippen molar-refractivity contribution in [3.8, 4) is 11.5 Å². The normalized spacial score (nSPS) is 17.1. The number of carbonyl (C=O) groups is 1. The first kappa shape index (κ1) is 25.2. The lowest BCUT2D eigenvalue weighted by Gasteiger charge is -2.44. The molecule has 2 aliphatic heterocycles. The Kier molecular flexibility index (Phi) is 7.38. The van der Waals surface area contributed by atoms with Gasteiger partial charge in [-0.1, -0.05) is 0 Å². The van der Waals surface area contributed by atoms with E-state index in [9.17, 15) is 18.0 Å². The summed E-state index contributed by atoms with van der Waals surface area (Å²) in [5, 5.41) is 6.92. The number of pyridine rings is 1. The number of halogens is 3. The maximum absolute atomic E-state index is 14.3. The zero-order chi connectivity index (χ0) is 25.9. The highest BCUT2D eigenvalue weighted by Crippen LogP contribution is 2.34. The number of piperidine rings is 1. The molecule has 0 bridgehead atoms. The lowest BCUT2D eigenvalue weighted by molar-refractivity contribution is -0.107. The third-order valence-electron chi connectivity index (χ3n) is 6.97. The summed E-state index contributed by atoms with van der Waals surface area (Å²) < 4.78 is 50.0. The van der Waals surface area contributed by atoms with Crippen LogP contribution in [0.2, 0.25) is 0 Å². The predicted octanol–water partition coefficient (Wildman–Crippen LogP) is 3.67. The van der Waals surface area contributed by atoms with E-state index < -0.39 is 18.1 Å². The molecule has 2 saturated heterocycles. The molecule has 2 aliphatic rings. The van der Waals surface area contributed by atoms with Crippen LogP contribution in [-0.4, -0.2) is 71.9 Å². The maximum atomic E-state index is 14.3. The van der Waals surface area contributed by atoms with Gasteiger partial charge in [-0.15, -0.1) is 10.2 Å². The molecule has 0 atom stereocenters. The molecule has 0 saturated carbocycles. The van der Waals surface area contributed by atoms with Crippen molar-refractivity contribution in [2.75, 3.05) is 43.2 Å². The lowest BCUT2D eigenvalue weighted by Crippen LogP contribution is -2.54. The molecule has 3 aromatic rings. The van der Waals surface area contributed by atoms with Crippen molar-refractivity contribution >= 4 is 17.8 Å². The van der Waals surface area contributed by atoms with Gasteiger partial charge in [0, 0.05) is 32.4 Å². The Hall–Kier alpha value is -3.51. The van der Waals surface area contributed by atoms with Gasteiger partial charge in [-0.05, 0) is 43.2 Å². The van der Waals surface area contributed by atoms with Crippen molar-refractivity contribution in [3.63, 3.8) is 0 Å². The number of anilines is 2. The first-order valence-electron chi connectivity index (χ1n) is 12.1. The lowest BCUT2D eigenvalue weighted by atomic mass is 10.00. The van der Waals surface area contributed by atoms with E-state index in [0.29, 0.717) is 29.4 Å². The van der Waals surface area contributed by atoms with Gasteiger partial charge in [-0.25, -0.2) is 4.39 Å². The minimum Gasteiger partial charge on any atom is -0.415 e. The van der Waals surface area contributed by atoms with Gasteiger partial charge in [-0.3, -0.25) is 14.7 Å². The summed E-state index contributed by atoms with van der Waals surface area (Å²) in [4.78, 5) is 22.4. The number of hydrogen-bond donors (Lipinski definition) is 0. The smallest absolute Gasteiger partial charge is 0.314 e. The summed E-state index contributed by atoms with van der Waals surface area (Å²) >= 11 is 0. The Labute approximate surface area is 211 Å². The highest BCUT2D eigenvalue weighted by molar-refractivity contribution is 5.84. The van der Waals surface area contributed by atoms with E-state index in [0.717, 1.165) is 44.8 Å². The third-order valence-corrected chi connectivity index (χ3v) is 6.97. The standard InChI is InChI=1S/C25H27F3N6O3/c1-32(19-6-8-33(9-7-19)20-13-36-14-20)21-5-3-17(26)10-22(21)34(15-35)12-18-4-2-16(11-29-18)24-30-31-25(37-24)23(27)28/h2-5,10-11,15,19-20,23H,6-9,12-14H2,1H3. The number of hydrogen-bond acceptors (Lipinski definition) is 8. The molecule has 2 aromatic heterocycles. The largest absolute Gasteiger partial charge is 0.415 e. The van der Waals surface area contributed by atoms with Crippen LogP contribution in [0.3, 0.4) is 0 Å². The summed E-state index contributed by atoms with van der Waals surface area (Å²) in [7, 11) is 1.97. The molecule has 37 heavy (non-hydrogen) atoms. The number of rotatable bonds is 9. The first-order valence-corrected chi connectivity index (χ1v) is 12.1. The molecule has 1 amide bonds. The number of ether oxygens (including phenoxy) is 1. The topological polar surface area (TPSA) is 87.8 Å². The Balaban J connectivity index is 1.30. The summed E-state index contributed by atoms with van der Waals surface area (Å²) in [5.74, 6) is -1.29. The molecule has 9 nitrogen and oxygen atoms in total. The molecular formula is C25H27F3N6O3. The van der Waals surface area contributed by atoms with Crippen molar-refractivity contribution in [3.05, 3.63) is 53.9 Å². The molecule has 0 N–H and O–H groups in total. The summed E-state index contributed by atoms with van der Waals surface area (Å²) in [6.07, 6.45) is 1.10. The van der Waals surface area contributed by atoms with Gasteiger partial charge in [0.1, 0.15) is 5.82 Å². The number of benzene rings is 1. The zero-order valence-corrected chi connectivity index (χ0v) is 20.3. The number of carbonyl (C=O) groups excluding carboxylic acids is 1. The second-order valence-corrected chi connectivity index (χ2v) is 9.22.